The van der Waals surface area contributed by atoms with E-state index in [4.69, 9.17) is 6.57 Å². The third-order valence-electron chi connectivity index (χ3n) is 4.31. The predicted octanol–water partition coefficient (Wildman–Crippen LogP) is 6.45. The minimum Gasteiger partial charge on any atom is -0.361 e. The summed E-state index contributed by atoms with van der Waals surface area (Å²) in [6.45, 7) is 7.94. The summed E-state index contributed by atoms with van der Waals surface area (Å²) in [7, 11) is 0. The van der Waals surface area contributed by atoms with Crippen molar-refractivity contribution in [3.63, 3.8) is 0 Å². The van der Waals surface area contributed by atoms with Gasteiger partial charge in [-0.1, -0.05) is 68.8 Å². The van der Waals surface area contributed by atoms with E-state index in [0.29, 0.717) is 12.4 Å². The molecule has 2 aromatic heterocycles. The number of fused-ring (bicyclic) bond motifs is 2. The van der Waals surface area contributed by atoms with Crippen LogP contribution < -0.4 is 0 Å². The fourth-order valence-electron chi connectivity index (χ4n) is 3.17. The Balaban J connectivity index is 1.93. The van der Waals surface area contributed by atoms with Crippen LogP contribution in [-0.4, -0.2) is 9.55 Å². The van der Waals surface area contributed by atoms with E-state index in [2.05, 4.69) is 88.7 Å². The first-order chi connectivity index (χ1) is 12.2. The van der Waals surface area contributed by atoms with Gasteiger partial charge in [0.1, 0.15) is 0 Å². The van der Waals surface area contributed by atoms with Gasteiger partial charge in [0.05, 0.1) is 6.54 Å². The van der Waals surface area contributed by atoms with Gasteiger partial charge in [0.15, 0.2) is 0 Å². The SMILES string of the molecule is [C-]#[N+]c1ccc2cc(CBr)n(Cc3cc(Br)cc4ccccc34)c2n1. The van der Waals surface area contributed by atoms with Crippen LogP contribution in [-0.2, 0) is 11.9 Å². The van der Waals surface area contributed by atoms with Gasteiger partial charge in [-0.05, 0) is 40.6 Å². The normalized spacial score (nSPS) is 11.1. The van der Waals surface area contributed by atoms with Gasteiger partial charge in [-0.15, -0.1) is 4.98 Å². The van der Waals surface area contributed by atoms with Crippen LogP contribution in [0.3, 0.4) is 0 Å². The van der Waals surface area contributed by atoms with Gasteiger partial charge in [0.25, 0.3) is 5.82 Å². The summed E-state index contributed by atoms with van der Waals surface area (Å²) < 4.78 is 3.25. The van der Waals surface area contributed by atoms with Crippen LogP contribution in [0.5, 0.6) is 0 Å². The second-order valence-corrected chi connectivity index (χ2v) is 7.31. The number of pyridine rings is 1. The molecular weight excluding hydrogens is 442 g/mol. The first-order valence-corrected chi connectivity index (χ1v) is 9.71. The Morgan fingerprint density at radius 2 is 1.88 bits per heavy atom. The summed E-state index contributed by atoms with van der Waals surface area (Å²) in [5.41, 5.74) is 3.22. The number of rotatable bonds is 3. The number of nitrogens with zero attached hydrogens (tertiary/aromatic N) is 3. The van der Waals surface area contributed by atoms with Gasteiger partial charge in [-0.2, -0.15) is 0 Å². The zero-order valence-corrected chi connectivity index (χ0v) is 16.4. The molecule has 2 heterocycles. The first-order valence-electron chi connectivity index (χ1n) is 7.79. The number of benzene rings is 2. The maximum Gasteiger partial charge on any atom is 0.271 e. The summed E-state index contributed by atoms with van der Waals surface area (Å²) in [5.74, 6) is 0.423. The molecule has 0 aliphatic carbocycles. The molecular formula is C20H13Br2N3. The maximum absolute atomic E-state index is 7.24. The number of aromatic nitrogens is 2. The molecule has 3 nitrogen and oxygen atoms in total. The van der Waals surface area contributed by atoms with Crippen molar-refractivity contribution in [2.24, 2.45) is 0 Å². The third kappa shape index (κ3) is 2.97. The molecule has 0 atom stereocenters. The Morgan fingerprint density at radius 3 is 2.68 bits per heavy atom. The largest absolute Gasteiger partial charge is 0.361 e. The van der Waals surface area contributed by atoms with Crippen LogP contribution in [0.25, 0.3) is 26.7 Å². The topological polar surface area (TPSA) is 22.2 Å². The molecule has 0 N–H and O–H groups in total. The molecule has 25 heavy (non-hydrogen) atoms. The second kappa shape index (κ2) is 6.62. The lowest BCUT2D eigenvalue weighted by atomic mass is 10.0. The van der Waals surface area contributed by atoms with Crippen molar-refractivity contribution >= 4 is 59.5 Å². The molecule has 4 rings (SSSR count). The number of alkyl halides is 1. The molecule has 4 aromatic rings. The predicted molar refractivity (Wildman–Crippen MR) is 109 cm³/mol. The zero-order valence-electron chi connectivity index (χ0n) is 13.2. The highest BCUT2D eigenvalue weighted by atomic mass is 79.9. The summed E-state index contributed by atoms with van der Waals surface area (Å²) in [4.78, 5) is 8.01. The van der Waals surface area contributed by atoms with Crippen LogP contribution >= 0.6 is 31.9 Å². The Kier molecular flexibility index (Phi) is 4.32. The summed E-state index contributed by atoms with van der Waals surface area (Å²) in [5, 5.41) is 4.23. The van der Waals surface area contributed by atoms with Crippen molar-refractivity contribution in [1.29, 1.82) is 0 Å². The van der Waals surface area contributed by atoms with Crippen LogP contribution in [0.15, 0.2) is 59.1 Å². The van der Waals surface area contributed by atoms with Gasteiger partial charge in [-0.25, -0.2) is 0 Å². The molecule has 2 aromatic carbocycles. The van der Waals surface area contributed by atoms with Gasteiger partial charge >= 0.3 is 0 Å². The van der Waals surface area contributed by atoms with Crippen molar-refractivity contribution in [3.05, 3.63) is 81.7 Å². The fourth-order valence-corrected chi connectivity index (χ4v) is 4.16. The van der Waals surface area contributed by atoms with E-state index in [1.807, 2.05) is 6.07 Å². The Hall–Kier alpha value is -2.16. The van der Waals surface area contributed by atoms with Crippen molar-refractivity contribution in [3.8, 4) is 0 Å². The smallest absolute Gasteiger partial charge is 0.271 e. The lowest BCUT2D eigenvalue weighted by molar-refractivity contribution is 0.797. The molecule has 0 saturated heterocycles. The van der Waals surface area contributed by atoms with E-state index < -0.39 is 0 Å². The molecule has 5 heteroatoms. The molecule has 0 saturated carbocycles. The minimum atomic E-state index is 0.423. The van der Waals surface area contributed by atoms with Crippen molar-refractivity contribution in [2.75, 3.05) is 0 Å². The zero-order chi connectivity index (χ0) is 17.4. The van der Waals surface area contributed by atoms with E-state index in [0.717, 1.165) is 26.5 Å². The Bertz CT molecular complexity index is 1140. The first kappa shape index (κ1) is 16.3. The molecule has 0 radical (unpaired) electrons. The molecule has 0 fully saturated rings. The van der Waals surface area contributed by atoms with Crippen LogP contribution in [0.2, 0.25) is 0 Å². The van der Waals surface area contributed by atoms with Crippen LogP contribution in [0.1, 0.15) is 11.3 Å². The molecule has 0 amide bonds. The monoisotopic (exact) mass is 453 g/mol. The van der Waals surface area contributed by atoms with E-state index in [9.17, 15) is 0 Å². The number of hydrogen-bond acceptors (Lipinski definition) is 1. The highest BCUT2D eigenvalue weighted by molar-refractivity contribution is 9.10. The highest BCUT2D eigenvalue weighted by Crippen LogP contribution is 2.28. The van der Waals surface area contributed by atoms with E-state index in [-0.39, 0.29) is 0 Å². The average molecular weight is 455 g/mol. The Labute approximate surface area is 162 Å². The van der Waals surface area contributed by atoms with Crippen LogP contribution in [0, 0.1) is 6.57 Å². The second-order valence-electron chi connectivity index (χ2n) is 5.84. The molecule has 0 unspecified atom stereocenters. The van der Waals surface area contributed by atoms with Crippen molar-refractivity contribution in [2.45, 2.75) is 11.9 Å². The number of halogens is 2. The van der Waals surface area contributed by atoms with E-state index in [1.54, 1.807) is 6.07 Å². The summed E-state index contributed by atoms with van der Waals surface area (Å²) in [6, 6.07) is 18.5. The van der Waals surface area contributed by atoms with Crippen LogP contribution in [0.4, 0.5) is 5.82 Å². The molecule has 0 spiro atoms. The van der Waals surface area contributed by atoms with Gasteiger partial charge < -0.3 is 9.41 Å². The quantitative estimate of drug-likeness (QED) is 0.257. The lowest BCUT2D eigenvalue weighted by Crippen LogP contribution is -2.04. The van der Waals surface area contributed by atoms with Gasteiger partial charge in [0, 0.05) is 20.9 Å². The molecule has 0 aliphatic rings. The fraction of sp³-hybridized carbons (Fsp3) is 0.100. The number of hydrogen-bond donors (Lipinski definition) is 0. The molecule has 0 bridgehead atoms. The standard InChI is InChI=1S/C20H13Br2N3/c1-23-19-7-6-14-10-17(11-21)25(20(14)24-19)12-15-9-16(22)8-13-4-2-3-5-18(13)15/h2-10H,11-12H2. The average Bonchev–Trinajstić information content (AvgIpc) is 2.98. The maximum atomic E-state index is 7.24. The van der Waals surface area contributed by atoms with Gasteiger partial charge in [0.2, 0.25) is 5.65 Å². The highest BCUT2D eigenvalue weighted by Gasteiger charge is 2.15. The third-order valence-corrected chi connectivity index (χ3v) is 5.34. The molecule has 0 aliphatic heterocycles. The molecule has 122 valence electrons. The van der Waals surface area contributed by atoms with E-state index in [1.165, 1.54) is 16.3 Å². The Morgan fingerprint density at radius 1 is 1.04 bits per heavy atom. The van der Waals surface area contributed by atoms with E-state index >= 15 is 0 Å². The summed E-state index contributed by atoms with van der Waals surface area (Å²) >= 11 is 7.20. The minimum absolute atomic E-state index is 0.423. The summed E-state index contributed by atoms with van der Waals surface area (Å²) in [6.07, 6.45) is 0. The lowest BCUT2D eigenvalue weighted by Gasteiger charge is -2.11. The van der Waals surface area contributed by atoms with Crippen molar-refractivity contribution in [1.82, 2.24) is 9.55 Å². The van der Waals surface area contributed by atoms with Gasteiger partial charge in [-0.3, -0.25) is 0 Å². The van der Waals surface area contributed by atoms with Crippen molar-refractivity contribution < 1.29 is 0 Å².